The van der Waals surface area contributed by atoms with E-state index in [2.05, 4.69) is 10.2 Å². The molecule has 0 aromatic carbocycles. The van der Waals surface area contributed by atoms with E-state index in [0.717, 1.165) is 11.8 Å². The van der Waals surface area contributed by atoms with E-state index in [9.17, 15) is 9.59 Å². The molecule has 1 aromatic rings. The number of aryl methyl sites for hydroxylation is 1. The molecule has 1 unspecified atom stereocenters. The van der Waals surface area contributed by atoms with Crippen LogP contribution in [0, 0.1) is 6.92 Å². The van der Waals surface area contributed by atoms with Crippen LogP contribution in [-0.4, -0.2) is 44.2 Å². The SMILES string of the molecule is CCOC(=O)C(C)n1c(C)nnc1SCC(=O)O. The van der Waals surface area contributed by atoms with Crippen LogP contribution < -0.4 is 0 Å². The number of ether oxygens (including phenoxy) is 1. The number of aliphatic carboxylic acids is 1. The van der Waals surface area contributed by atoms with E-state index < -0.39 is 18.0 Å². The maximum absolute atomic E-state index is 11.7. The third-order valence-electron chi connectivity index (χ3n) is 2.17. The van der Waals surface area contributed by atoms with Crippen LogP contribution in [0.3, 0.4) is 0 Å². The van der Waals surface area contributed by atoms with Gasteiger partial charge in [-0.1, -0.05) is 11.8 Å². The molecular weight excluding hydrogens is 258 g/mol. The van der Waals surface area contributed by atoms with Crippen molar-refractivity contribution in [1.29, 1.82) is 0 Å². The molecule has 0 bridgehead atoms. The molecular formula is C10H15N3O4S. The Balaban J connectivity index is 2.89. The minimum Gasteiger partial charge on any atom is -0.481 e. The molecule has 1 aromatic heterocycles. The molecule has 1 heterocycles. The van der Waals surface area contributed by atoms with Crippen molar-refractivity contribution in [3.8, 4) is 0 Å². The van der Waals surface area contributed by atoms with E-state index in [4.69, 9.17) is 9.84 Å². The summed E-state index contributed by atoms with van der Waals surface area (Å²) in [5.41, 5.74) is 0. The molecule has 100 valence electrons. The van der Waals surface area contributed by atoms with Crippen LogP contribution in [0.25, 0.3) is 0 Å². The van der Waals surface area contributed by atoms with Crippen LogP contribution in [0.2, 0.25) is 0 Å². The molecule has 1 rings (SSSR count). The van der Waals surface area contributed by atoms with Crippen molar-refractivity contribution < 1.29 is 19.4 Å². The van der Waals surface area contributed by atoms with Gasteiger partial charge < -0.3 is 9.84 Å². The highest BCUT2D eigenvalue weighted by atomic mass is 32.2. The number of nitrogens with zero attached hydrogens (tertiary/aromatic N) is 3. The van der Waals surface area contributed by atoms with Gasteiger partial charge in [-0.3, -0.25) is 9.36 Å². The molecule has 0 radical (unpaired) electrons. The molecule has 0 amide bonds. The van der Waals surface area contributed by atoms with Crippen molar-refractivity contribution in [2.24, 2.45) is 0 Å². The maximum atomic E-state index is 11.7. The number of thioether (sulfide) groups is 1. The first kappa shape index (κ1) is 14.5. The molecule has 0 aliphatic carbocycles. The quantitative estimate of drug-likeness (QED) is 0.607. The van der Waals surface area contributed by atoms with Crippen LogP contribution in [-0.2, 0) is 14.3 Å². The number of hydrogen-bond acceptors (Lipinski definition) is 6. The third-order valence-corrected chi connectivity index (χ3v) is 3.10. The Bertz CT molecular complexity index is 446. The van der Waals surface area contributed by atoms with Crippen molar-refractivity contribution >= 4 is 23.7 Å². The maximum Gasteiger partial charge on any atom is 0.328 e. The molecule has 7 nitrogen and oxygen atoms in total. The van der Waals surface area contributed by atoms with Crippen molar-refractivity contribution in [3.05, 3.63) is 5.82 Å². The number of carboxylic acids is 1. The van der Waals surface area contributed by atoms with Gasteiger partial charge in [-0.2, -0.15) is 0 Å². The van der Waals surface area contributed by atoms with E-state index >= 15 is 0 Å². The van der Waals surface area contributed by atoms with Gasteiger partial charge in [0.15, 0.2) is 5.16 Å². The summed E-state index contributed by atoms with van der Waals surface area (Å²) in [6.07, 6.45) is 0. The predicted molar refractivity (Wildman–Crippen MR) is 64.5 cm³/mol. The van der Waals surface area contributed by atoms with Crippen molar-refractivity contribution in [3.63, 3.8) is 0 Å². The summed E-state index contributed by atoms with van der Waals surface area (Å²) in [6, 6.07) is -0.573. The van der Waals surface area contributed by atoms with Crippen LogP contribution in [0.1, 0.15) is 25.7 Å². The van der Waals surface area contributed by atoms with Crippen LogP contribution in [0.5, 0.6) is 0 Å². The first-order chi connectivity index (χ1) is 8.47. The zero-order valence-corrected chi connectivity index (χ0v) is 11.2. The average Bonchev–Trinajstić information content (AvgIpc) is 2.67. The fraction of sp³-hybridized carbons (Fsp3) is 0.600. The minimum absolute atomic E-state index is 0.131. The van der Waals surface area contributed by atoms with Crippen molar-refractivity contribution in [1.82, 2.24) is 14.8 Å². The highest BCUT2D eigenvalue weighted by molar-refractivity contribution is 7.99. The second-order valence-electron chi connectivity index (χ2n) is 3.51. The minimum atomic E-state index is -0.948. The lowest BCUT2D eigenvalue weighted by Gasteiger charge is -2.14. The fourth-order valence-electron chi connectivity index (χ4n) is 1.39. The summed E-state index contributed by atoms with van der Waals surface area (Å²) in [5.74, 6) is -0.926. The Hall–Kier alpha value is -1.57. The van der Waals surface area contributed by atoms with Crippen LogP contribution in [0.4, 0.5) is 0 Å². The van der Waals surface area contributed by atoms with Gasteiger partial charge in [-0.25, -0.2) is 4.79 Å². The first-order valence-electron chi connectivity index (χ1n) is 5.40. The first-order valence-corrected chi connectivity index (χ1v) is 6.38. The number of aromatic nitrogens is 3. The van der Waals surface area contributed by atoms with Crippen LogP contribution >= 0.6 is 11.8 Å². The summed E-state index contributed by atoms with van der Waals surface area (Å²) in [7, 11) is 0. The predicted octanol–water partition coefficient (Wildman–Crippen LogP) is 0.887. The van der Waals surface area contributed by atoms with E-state index in [0.29, 0.717) is 17.6 Å². The average molecular weight is 273 g/mol. The lowest BCUT2D eigenvalue weighted by molar-refractivity contribution is -0.146. The van der Waals surface area contributed by atoms with Gasteiger partial charge in [0.05, 0.1) is 12.4 Å². The highest BCUT2D eigenvalue weighted by Crippen LogP contribution is 2.22. The lowest BCUT2D eigenvalue weighted by Crippen LogP contribution is -2.21. The smallest absolute Gasteiger partial charge is 0.328 e. The zero-order chi connectivity index (χ0) is 13.7. The summed E-state index contributed by atoms with van der Waals surface area (Å²) in [6.45, 7) is 5.39. The normalized spacial score (nSPS) is 12.2. The van der Waals surface area contributed by atoms with Crippen molar-refractivity contribution in [2.45, 2.75) is 32.0 Å². The Kier molecular flexibility index (Phi) is 5.14. The Morgan fingerprint density at radius 1 is 1.50 bits per heavy atom. The van der Waals surface area contributed by atoms with Gasteiger partial charge in [-0.05, 0) is 20.8 Å². The zero-order valence-electron chi connectivity index (χ0n) is 10.4. The molecule has 0 aliphatic rings. The standard InChI is InChI=1S/C10H15N3O4S/c1-4-17-9(16)6(2)13-7(3)11-12-10(13)18-5-8(14)15/h6H,4-5H2,1-3H3,(H,14,15). The number of esters is 1. The lowest BCUT2D eigenvalue weighted by atomic mass is 10.3. The molecule has 0 fully saturated rings. The summed E-state index contributed by atoms with van der Waals surface area (Å²) < 4.78 is 6.50. The Morgan fingerprint density at radius 2 is 2.17 bits per heavy atom. The molecule has 8 heteroatoms. The summed E-state index contributed by atoms with van der Waals surface area (Å²) in [4.78, 5) is 22.2. The molecule has 1 N–H and O–H groups in total. The molecule has 0 spiro atoms. The van der Waals surface area contributed by atoms with Crippen LogP contribution in [0.15, 0.2) is 5.16 Å². The molecule has 18 heavy (non-hydrogen) atoms. The van der Waals surface area contributed by atoms with Crippen molar-refractivity contribution in [2.75, 3.05) is 12.4 Å². The second kappa shape index (κ2) is 6.39. The van der Waals surface area contributed by atoms with E-state index in [1.54, 1.807) is 25.3 Å². The molecule has 0 saturated carbocycles. The molecule has 0 aliphatic heterocycles. The summed E-state index contributed by atoms with van der Waals surface area (Å²) in [5, 5.41) is 16.7. The number of carboxylic acid groups (broad SMARTS) is 1. The number of hydrogen-bond donors (Lipinski definition) is 1. The van der Waals surface area contributed by atoms with Gasteiger partial charge in [0.25, 0.3) is 0 Å². The number of rotatable bonds is 6. The van der Waals surface area contributed by atoms with Gasteiger partial charge in [0.2, 0.25) is 0 Å². The fourth-order valence-corrected chi connectivity index (χ4v) is 2.17. The second-order valence-corrected chi connectivity index (χ2v) is 4.45. The molecule has 1 atom stereocenters. The Labute approximate surface area is 109 Å². The Morgan fingerprint density at radius 3 is 2.72 bits per heavy atom. The largest absolute Gasteiger partial charge is 0.481 e. The van der Waals surface area contributed by atoms with E-state index in [1.165, 1.54) is 0 Å². The monoisotopic (exact) mass is 273 g/mol. The topological polar surface area (TPSA) is 94.3 Å². The van der Waals surface area contributed by atoms with E-state index in [-0.39, 0.29) is 5.75 Å². The summed E-state index contributed by atoms with van der Waals surface area (Å²) >= 11 is 1.02. The number of carbonyl (C=O) groups is 2. The van der Waals surface area contributed by atoms with Gasteiger partial charge in [0.1, 0.15) is 11.9 Å². The van der Waals surface area contributed by atoms with E-state index in [1.807, 2.05) is 0 Å². The number of carbonyl (C=O) groups excluding carboxylic acids is 1. The highest BCUT2D eigenvalue weighted by Gasteiger charge is 2.22. The third kappa shape index (κ3) is 3.46. The van der Waals surface area contributed by atoms with Gasteiger partial charge >= 0.3 is 11.9 Å². The van der Waals surface area contributed by atoms with Gasteiger partial charge in [0, 0.05) is 0 Å². The van der Waals surface area contributed by atoms with Gasteiger partial charge in [-0.15, -0.1) is 10.2 Å². The molecule has 0 saturated heterocycles.